The van der Waals surface area contributed by atoms with E-state index in [2.05, 4.69) is 20.5 Å². The molecule has 1 aliphatic heterocycles. The van der Waals surface area contributed by atoms with Crippen LogP contribution in [0.2, 0.25) is 0 Å². The third-order valence-corrected chi connectivity index (χ3v) is 4.45. The maximum absolute atomic E-state index is 11.7. The lowest BCUT2D eigenvalue weighted by Gasteiger charge is -2.26. The minimum atomic E-state index is -0.467. The van der Waals surface area contributed by atoms with Crippen LogP contribution in [0.3, 0.4) is 0 Å². The Balaban J connectivity index is 1.70. The minimum Gasteiger partial charge on any atom is -0.465 e. The predicted molar refractivity (Wildman–Crippen MR) is 108 cm³/mol. The van der Waals surface area contributed by atoms with Gasteiger partial charge in [0, 0.05) is 37.9 Å². The van der Waals surface area contributed by atoms with E-state index >= 15 is 0 Å². The number of nitrogens with zero attached hydrogens (tertiary/aromatic N) is 3. The van der Waals surface area contributed by atoms with Crippen molar-refractivity contribution >= 4 is 29.0 Å². The summed E-state index contributed by atoms with van der Waals surface area (Å²) in [6.07, 6.45) is 0. The van der Waals surface area contributed by atoms with E-state index in [-0.39, 0.29) is 11.5 Å². The summed E-state index contributed by atoms with van der Waals surface area (Å²) >= 11 is 0. The van der Waals surface area contributed by atoms with Gasteiger partial charge in [-0.15, -0.1) is 0 Å². The normalized spacial score (nSPS) is 14.2. The van der Waals surface area contributed by atoms with Crippen LogP contribution >= 0.6 is 0 Å². The van der Waals surface area contributed by atoms with E-state index in [0.29, 0.717) is 36.8 Å². The van der Waals surface area contributed by atoms with Gasteiger partial charge in [0.25, 0.3) is 0 Å². The number of benzene rings is 1. The minimum absolute atomic E-state index is 0.0964. The van der Waals surface area contributed by atoms with Crippen LogP contribution in [0.5, 0.6) is 0 Å². The number of carbonyl (C=O) groups is 1. The first-order chi connectivity index (χ1) is 14.1. The molecule has 0 bridgehead atoms. The molecule has 0 spiro atoms. The van der Waals surface area contributed by atoms with Gasteiger partial charge in [0.05, 0.1) is 30.8 Å². The van der Waals surface area contributed by atoms with Crippen LogP contribution in [0.4, 0.5) is 23.0 Å². The number of pyridine rings is 1. The zero-order valence-electron chi connectivity index (χ0n) is 16.1. The van der Waals surface area contributed by atoms with Gasteiger partial charge in [0.2, 0.25) is 5.82 Å². The van der Waals surface area contributed by atoms with Crippen molar-refractivity contribution in [3.63, 3.8) is 0 Å². The van der Waals surface area contributed by atoms with E-state index in [4.69, 9.17) is 9.47 Å². The highest BCUT2D eigenvalue weighted by atomic mass is 16.6. The molecule has 1 aromatic heterocycles. The van der Waals surface area contributed by atoms with Gasteiger partial charge < -0.3 is 20.1 Å². The van der Waals surface area contributed by atoms with Crippen molar-refractivity contribution in [2.45, 2.75) is 0 Å². The van der Waals surface area contributed by atoms with E-state index < -0.39 is 10.9 Å². The van der Waals surface area contributed by atoms with Crippen LogP contribution in [0.25, 0.3) is 0 Å². The van der Waals surface area contributed by atoms with Gasteiger partial charge in [-0.1, -0.05) is 6.07 Å². The Morgan fingerprint density at radius 1 is 1.31 bits per heavy atom. The van der Waals surface area contributed by atoms with Crippen molar-refractivity contribution in [3.8, 4) is 0 Å². The van der Waals surface area contributed by atoms with Crippen molar-refractivity contribution in [2.24, 2.45) is 0 Å². The third kappa shape index (κ3) is 5.62. The lowest BCUT2D eigenvalue weighted by molar-refractivity contribution is -0.384. The summed E-state index contributed by atoms with van der Waals surface area (Å²) in [4.78, 5) is 29.1. The zero-order chi connectivity index (χ0) is 20.6. The Kier molecular flexibility index (Phi) is 6.93. The van der Waals surface area contributed by atoms with E-state index in [1.165, 1.54) is 19.2 Å². The molecule has 29 heavy (non-hydrogen) atoms. The summed E-state index contributed by atoms with van der Waals surface area (Å²) in [6.45, 7) is 4.34. The molecule has 0 aliphatic carbocycles. The first kappa shape index (κ1) is 20.5. The second-order valence-electron chi connectivity index (χ2n) is 6.40. The molecule has 0 amide bonds. The number of anilines is 3. The number of morpholine rings is 1. The molecule has 0 atom stereocenters. The fraction of sp³-hybridized carbons (Fsp3) is 0.368. The summed E-state index contributed by atoms with van der Waals surface area (Å²) in [5.41, 5.74) is 0.914. The van der Waals surface area contributed by atoms with Crippen LogP contribution in [0, 0.1) is 10.1 Å². The van der Waals surface area contributed by atoms with Crippen molar-refractivity contribution in [1.82, 2.24) is 9.88 Å². The van der Waals surface area contributed by atoms with E-state index in [1.807, 2.05) is 0 Å². The average Bonchev–Trinajstić information content (AvgIpc) is 2.74. The zero-order valence-corrected chi connectivity index (χ0v) is 16.1. The first-order valence-corrected chi connectivity index (χ1v) is 9.21. The molecule has 10 heteroatoms. The lowest BCUT2D eigenvalue weighted by atomic mass is 10.2. The number of methoxy groups -OCH3 is 1. The van der Waals surface area contributed by atoms with Crippen LogP contribution in [0.1, 0.15) is 10.4 Å². The Morgan fingerprint density at radius 2 is 2.10 bits per heavy atom. The molecule has 0 saturated carbocycles. The molecule has 2 aromatic rings. The van der Waals surface area contributed by atoms with Gasteiger partial charge in [-0.3, -0.25) is 15.0 Å². The van der Waals surface area contributed by atoms with Crippen LogP contribution in [0.15, 0.2) is 36.4 Å². The van der Waals surface area contributed by atoms with Crippen LogP contribution in [-0.4, -0.2) is 67.3 Å². The number of hydrogen-bond acceptors (Lipinski definition) is 9. The van der Waals surface area contributed by atoms with Gasteiger partial charge in [-0.05, 0) is 24.3 Å². The van der Waals surface area contributed by atoms with Crippen molar-refractivity contribution in [3.05, 3.63) is 52.1 Å². The summed E-state index contributed by atoms with van der Waals surface area (Å²) < 4.78 is 10.0. The molecular formula is C19H23N5O5. The second-order valence-corrected chi connectivity index (χ2v) is 6.40. The van der Waals surface area contributed by atoms with Gasteiger partial charge in [0.1, 0.15) is 5.82 Å². The summed E-state index contributed by atoms with van der Waals surface area (Å²) in [5.74, 6) is 0.166. The van der Waals surface area contributed by atoms with E-state index in [1.54, 1.807) is 24.3 Å². The molecule has 154 valence electrons. The van der Waals surface area contributed by atoms with Gasteiger partial charge in [-0.25, -0.2) is 9.78 Å². The molecule has 10 nitrogen and oxygen atoms in total. The fourth-order valence-electron chi connectivity index (χ4n) is 2.95. The van der Waals surface area contributed by atoms with E-state index in [0.717, 1.165) is 19.6 Å². The molecule has 0 unspecified atom stereocenters. The van der Waals surface area contributed by atoms with Gasteiger partial charge >= 0.3 is 11.7 Å². The Bertz CT molecular complexity index is 870. The molecule has 0 radical (unpaired) electrons. The van der Waals surface area contributed by atoms with Crippen molar-refractivity contribution < 1.29 is 19.2 Å². The number of hydrogen-bond donors (Lipinski definition) is 2. The maximum atomic E-state index is 11.7. The van der Waals surface area contributed by atoms with Gasteiger partial charge in [0.15, 0.2) is 0 Å². The van der Waals surface area contributed by atoms with Crippen LogP contribution in [-0.2, 0) is 9.47 Å². The summed E-state index contributed by atoms with van der Waals surface area (Å²) in [5, 5.41) is 17.5. The molecule has 2 N–H and O–H groups in total. The first-order valence-electron chi connectivity index (χ1n) is 9.21. The van der Waals surface area contributed by atoms with Crippen LogP contribution < -0.4 is 10.6 Å². The summed E-state index contributed by atoms with van der Waals surface area (Å²) in [7, 11) is 1.31. The molecule has 1 fully saturated rings. The predicted octanol–water partition coefficient (Wildman–Crippen LogP) is 2.26. The molecule has 1 aliphatic rings. The number of rotatable bonds is 8. The largest absolute Gasteiger partial charge is 0.465 e. The summed E-state index contributed by atoms with van der Waals surface area (Å²) in [6, 6.07) is 9.66. The Labute approximate surface area is 168 Å². The molecule has 1 aromatic carbocycles. The maximum Gasteiger partial charge on any atom is 0.337 e. The van der Waals surface area contributed by atoms with Gasteiger partial charge in [-0.2, -0.15) is 0 Å². The highest BCUT2D eigenvalue weighted by Crippen LogP contribution is 2.26. The lowest BCUT2D eigenvalue weighted by Crippen LogP contribution is -2.39. The molecule has 2 heterocycles. The SMILES string of the molecule is COC(=O)c1cccc(Nc2ccc([N+](=O)[O-])c(NCCN3CCOCC3)n2)c1. The fourth-order valence-corrected chi connectivity index (χ4v) is 2.95. The number of nitro groups is 1. The Hall–Kier alpha value is -3.24. The molecule has 3 rings (SSSR count). The molecule has 1 saturated heterocycles. The second kappa shape index (κ2) is 9.80. The highest BCUT2D eigenvalue weighted by Gasteiger charge is 2.17. The number of carbonyl (C=O) groups excluding carboxylic acids is 1. The average molecular weight is 401 g/mol. The highest BCUT2D eigenvalue weighted by molar-refractivity contribution is 5.90. The van der Waals surface area contributed by atoms with Crippen molar-refractivity contribution in [1.29, 1.82) is 0 Å². The monoisotopic (exact) mass is 401 g/mol. The smallest absolute Gasteiger partial charge is 0.337 e. The number of ether oxygens (including phenoxy) is 2. The third-order valence-electron chi connectivity index (χ3n) is 4.45. The Morgan fingerprint density at radius 3 is 2.83 bits per heavy atom. The number of esters is 1. The van der Waals surface area contributed by atoms with Crippen molar-refractivity contribution in [2.75, 3.05) is 57.1 Å². The topological polar surface area (TPSA) is 119 Å². The molecular weight excluding hydrogens is 378 g/mol. The quantitative estimate of drug-likeness (QED) is 0.390. The standard InChI is InChI=1S/C19H23N5O5/c1-28-19(25)14-3-2-4-15(13-14)21-17-6-5-16(24(26)27)18(22-17)20-7-8-23-9-11-29-12-10-23/h2-6,13H,7-12H2,1H3,(H2,20,21,22). The number of aromatic nitrogens is 1. The number of nitrogens with one attached hydrogen (secondary N) is 2. The van der Waals surface area contributed by atoms with E-state index in [9.17, 15) is 14.9 Å².